The summed E-state index contributed by atoms with van der Waals surface area (Å²) in [6, 6.07) is 15.5. The van der Waals surface area contributed by atoms with Crippen molar-refractivity contribution in [1.82, 2.24) is 4.90 Å². The van der Waals surface area contributed by atoms with Gasteiger partial charge in [0.05, 0.1) is 24.4 Å². The molecule has 1 aliphatic rings. The van der Waals surface area contributed by atoms with Crippen LogP contribution in [0.15, 0.2) is 48.5 Å². The molecule has 2 aromatic rings. The number of aryl methyl sites for hydroxylation is 1. The van der Waals surface area contributed by atoms with Crippen LogP contribution in [0, 0.1) is 0 Å². The first-order valence-corrected chi connectivity index (χ1v) is 8.94. The van der Waals surface area contributed by atoms with Gasteiger partial charge in [-0.25, -0.2) is 4.79 Å². The highest BCUT2D eigenvalue weighted by Gasteiger charge is 2.26. The van der Waals surface area contributed by atoms with E-state index in [0.717, 1.165) is 12.8 Å². The number of nitrogens with zero attached hydrogens (tertiary/aromatic N) is 1. The van der Waals surface area contributed by atoms with Crippen molar-refractivity contribution >= 4 is 17.6 Å². The zero-order valence-electron chi connectivity index (χ0n) is 15.2. The minimum atomic E-state index is -0.429. The average Bonchev–Trinajstić information content (AvgIpc) is 3.06. The topological polar surface area (TPSA) is 58.6 Å². The van der Waals surface area contributed by atoms with Gasteiger partial charge in [-0.15, -0.1) is 0 Å². The largest absolute Gasteiger partial charge is 0.462 e. The van der Waals surface area contributed by atoms with E-state index in [4.69, 9.17) is 4.74 Å². The number of carbonyl (C=O) groups excluding carboxylic acids is 2. The minimum absolute atomic E-state index is 0.145. The number of benzene rings is 2. The second-order valence-corrected chi connectivity index (χ2v) is 6.48. The van der Waals surface area contributed by atoms with Crippen LogP contribution in [0.1, 0.15) is 40.9 Å². The van der Waals surface area contributed by atoms with Crippen molar-refractivity contribution in [2.75, 3.05) is 25.5 Å². The van der Waals surface area contributed by atoms with Gasteiger partial charge in [0.25, 0.3) is 0 Å². The minimum Gasteiger partial charge on any atom is -0.462 e. The maximum absolute atomic E-state index is 12.5. The fraction of sp³-hybridized carbons (Fsp3) is 0.333. The third-order valence-corrected chi connectivity index (χ3v) is 4.72. The van der Waals surface area contributed by atoms with E-state index in [-0.39, 0.29) is 18.5 Å². The molecule has 2 aromatic carbocycles. The van der Waals surface area contributed by atoms with Crippen LogP contribution in [-0.2, 0) is 16.0 Å². The summed E-state index contributed by atoms with van der Waals surface area (Å²) in [6.45, 7) is 2.31. The van der Waals surface area contributed by atoms with Gasteiger partial charge in [-0.2, -0.15) is 0 Å². The van der Waals surface area contributed by atoms with Crippen LogP contribution in [0.2, 0.25) is 0 Å². The first-order valence-electron chi connectivity index (χ1n) is 8.94. The van der Waals surface area contributed by atoms with Crippen molar-refractivity contribution in [3.8, 4) is 0 Å². The Morgan fingerprint density at radius 1 is 1.15 bits per heavy atom. The van der Waals surface area contributed by atoms with E-state index in [9.17, 15) is 9.59 Å². The normalized spacial score (nSPS) is 15.6. The summed E-state index contributed by atoms with van der Waals surface area (Å²) in [7, 11) is 1.96. The van der Waals surface area contributed by atoms with Crippen LogP contribution in [0.25, 0.3) is 0 Å². The number of hydrogen-bond acceptors (Lipinski definition) is 4. The fourth-order valence-corrected chi connectivity index (χ4v) is 3.50. The number of hydrogen-bond donors (Lipinski definition) is 1. The molecule has 26 heavy (non-hydrogen) atoms. The van der Waals surface area contributed by atoms with Crippen LogP contribution in [0.5, 0.6) is 0 Å². The molecule has 0 aromatic heterocycles. The molecule has 1 amide bonds. The molecule has 5 heteroatoms. The Hall–Kier alpha value is -2.66. The quantitative estimate of drug-likeness (QED) is 0.810. The number of carbonyl (C=O) groups is 2. The highest BCUT2D eigenvalue weighted by atomic mass is 16.5. The first kappa shape index (κ1) is 18.1. The van der Waals surface area contributed by atoms with E-state index in [2.05, 4.69) is 28.4 Å². The highest BCUT2D eigenvalue weighted by Crippen LogP contribution is 2.34. The Labute approximate surface area is 154 Å². The van der Waals surface area contributed by atoms with E-state index < -0.39 is 5.97 Å². The smallest absolute Gasteiger partial charge is 0.340 e. The molecule has 3 rings (SSSR count). The van der Waals surface area contributed by atoms with Gasteiger partial charge in [0, 0.05) is 6.04 Å². The molecule has 1 N–H and O–H groups in total. The number of para-hydroxylation sites is 1. The van der Waals surface area contributed by atoms with Crippen molar-refractivity contribution in [3.05, 3.63) is 65.2 Å². The fourth-order valence-electron chi connectivity index (χ4n) is 3.50. The van der Waals surface area contributed by atoms with E-state index in [1.807, 2.05) is 13.1 Å². The number of ether oxygens (including phenoxy) is 1. The molecule has 136 valence electrons. The van der Waals surface area contributed by atoms with Crippen LogP contribution in [-0.4, -0.2) is 37.0 Å². The third-order valence-electron chi connectivity index (χ3n) is 4.72. The van der Waals surface area contributed by atoms with Crippen molar-refractivity contribution in [1.29, 1.82) is 0 Å². The van der Waals surface area contributed by atoms with Crippen LogP contribution < -0.4 is 5.32 Å². The standard InChI is InChI=1S/C21H24N2O3/c1-3-26-21(25)17-10-6-7-11-18(17)22-20(24)14-23(2)19-13-12-15-8-4-5-9-16(15)19/h4-11,19H,3,12-14H2,1-2H3,(H,22,24)/t19-/m1/s1. The van der Waals surface area contributed by atoms with Gasteiger partial charge in [0.2, 0.25) is 5.91 Å². The summed E-state index contributed by atoms with van der Waals surface area (Å²) in [5.74, 6) is -0.574. The van der Waals surface area contributed by atoms with Gasteiger partial charge in [0.1, 0.15) is 0 Å². The summed E-state index contributed by atoms with van der Waals surface area (Å²) in [5, 5.41) is 2.85. The Kier molecular flexibility index (Phi) is 5.68. The molecule has 0 aliphatic heterocycles. The number of likely N-dealkylation sites (N-methyl/N-ethyl adjacent to an activating group) is 1. The summed E-state index contributed by atoms with van der Waals surface area (Å²) in [6.07, 6.45) is 2.06. The number of fused-ring (bicyclic) bond motifs is 1. The van der Waals surface area contributed by atoms with Crippen molar-refractivity contribution in [2.24, 2.45) is 0 Å². The van der Waals surface area contributed by atoms with Gasteiger partial charge in [0.15, 0.2) is 0 Å². The van der Waals surface area contributed by atoms with Gasteiger partial charge in [-0.3, -0.25) is 9.69 Å². The van der Waals surface area contributed by atoms with Crippen molar-refractivity contribution in [2.45, 2.75) is 25.8 Å². The second kappa shape index (κ2) is 8.15. The molecular formula is C21H24N2O3. The molecule has 1 aliphatic carbocycles. The molecular weight excluding hydrogens is 328 g/mol. The first-order chi connectivity index (χ1) is 12.6. The zero-order chi connectivity index (χ0) is 18.5. The molecule has 0 heterocycles. The Balaban J connectivity index is 1.66. The molecule has 0 unspecified atom stereocenters. The Morgan fingerprint density at radius 2 is 1.88 bits per heavy atom. The molecule has 1 atom stereocenters. The lowest BCUT2D eigenvalue weighted by molar-refractivity contribution is -0.117. The summed E-state index contributed by atoms with van der Waals surface area (Å²) >= 11 is 0. The van der Waals surface area contributed by atoms with Gasteiger partial charge in [-0.1, -0.05) is 36.4 Å². The van der Waals surface area contributed by atoms with Gasteiger partial charge >= 0.3 is 5.97 Å². The lowest BCUT2D eigenvalue weighted by Crippen LogP contribution is -2.32. The van der Waals surface area contributed by atoms with Crippen molar-refractivity contribution < 1.29 is 14.3 Å². The predicted octanol–water partition coefficient (Wildman–Crippen LogP) is 3.42. The van der Waals surface area contributed by atoms with E-state index in [1.165, 1.54) is 11.1 Å². The second-order valence-electron chi connectivity index (χ2n) is 6.48. The number of nitrogens with one attached hydrogen (secondary N) is 1. The molecule has 0 saturated carbocycles. The molecule has 0 spiro atoms. The third kappa shape index (κ3) is 3.94. The van der Waals surface area contributed by atoms with E-state index in [1.54, 1.807) is 31.2 Å². The summed E-state index contributed by atoms with van der Waals surface area (Å²) in [5.41, 5.74) is 3.51. The average molecular weight is 352 g/mol. The molecule has 0 bridgehead atoms. The lowest BCUT2D eigenvalue weighted by Gasteiger charge is -2.24. The monoisotopic (exact) mass is 352 g/mol. The highest BCUT2D eigenvalue weighted by molar-refractivity contribution is 6.01. The van der Waals surface area contributed by atoms with Crippen LogP contribution in [0.4, 0.5) is 5.69 Å². The Bertz CT molecular complexity index is 803. The number of amides is 1. The van der Waals surface area contributed by atoms with Crippen LogP contribution in [0.3, 0.4) is 0 Å². The Morgan fingerprint density at radius 3 is 2.69 bits per heavy atom. The SMILES string of the molecule is CCOC(=O)c1ccccc1NC(=O)CN(C)[C@@H]1CCc2ccccc21. The predicted molar refractivity (Wildman–Crippen MR) is 101 cm³/mol. The van der Waals surface area contributed by atoms with E-state index in [0.29, 0.717) is 17.9 Å². The number of anilines is 1. The molecule has 5 nitrogen and oxygen atoms in total. The van der Waals surface area contributed by atoms with E-state index >= 15 is 0 Å². The van der Waals surface area contributed by atoms with Gasteiger partial charge < -0.3 is 10.1 Å². The maximum Gasteiger partial charge on any atom is 0.340 e. The molecule has 0 fully saturated rings. The van der Waals surface area contributed by atoms with Crippen molar-refractivity contribution in [3.63, 3.8) is 0 Å². The summed E-state index contributed by atoms with van der Waals surface area (Å²) in [4.78, 5) is 26.6. The molecule has 0 saturated heterocycles. The zero-order valence-corrected chi connectivity index (χ0v) is 15.2. The molecule has 0 radical (unpaired) electrons. The lowest BCUT2D eigenvalue weighted by atomic mass is 10.1. The number of esters is 1. The maximum atomic E-state index is 12.5. The summed E-state index contributed by atoms with van der Waals surface area (Å²) < 4.78 is 5.05. The van der Waals surface area contributed by atoms with Gasteiger partial charge in [-0.05, 0) is 50.1 Å². The van der Waals surface area contributed by atoms with Crippen LogP contribution >= 0.6 is 0 Å². The number of rotatable bonds is 6.